The Morgan fingerprint density at radius 1 is 0.923 bits per heavy atom. The Morgan fingerprint density at radius 3 is 2.33 bits per heavy atom. The normalized spacial score (nSPS) is 50.3. The van der Waals surface area contributed by atoms with Gasteiger partial charge in [0.05, 0.1) is 12.1 Å². The van der Waals surface area contributed by atoms with Crippen LogP contribution in [0.4, 0.5) is 0 Å². The Morgan fingerprint density at radius 2 is 1.62 bits per heavy atom. The Kier molecular flexibility index (Phi) is 8.14. The molecule has 0 unspecified atom stereocenters. The van der Waals surface area contributed by atoms with E-state index in [2.05, 4.69) is 20.8 Å². The molecular formula is C30H47O9-. The standard InChI is InChI=1S/C30H48O9/c1-15(4-9-22(32)38-28-25(35)23(33)24(34)26(39-28)27(36)37)19-7-8-20-18-6-5-16-14-17(31)10-12-29(16,2)21(18)11-13-30(19,20)3/h15-21,23-26,28,31,33-35H,4-14H2,1-3H3,(H,36,37)/p-1/t15-,16-,17-,18+,19-,20+,21+,23+,24+,25-,26+,28-,29+,30-/m1/s1. The molecule has 1 aliphatic heterocycles. The quantitative estimate of drug-likeness (QED) is 0.359. The molecule has 14 atom stereocenters. The highest BCUT2D eigenvalue weighted by atomic mass is 16.7. The van der Waals surface area contributed by atoms with Crippen LogP contribution in [0.3, 0.4) is 0 Å². The minimum Gasteiger partial charge on any atom is -0.547 e. The van der Waals surface area contributed by atoms with Gasteiger partial charge in [-0.05, 0) is 111 Å². The third-order valence-corrected chi connectivity index (χ3v) is 12.3. The Labute approximate surface area is 231 Å². The van der Waals surface area contributed by atoms with Crippen molar-refractivity contribution < 1.29 is 44.6 Å². The predicted octanol–water partition coefficient (Wildman–Crippen LogP) is 1.52. The van der Waals surface area contributed by atoms with E-state index >= 15 is 0 Å². The Bertz CT molecular complexity index is 926. The lowest BCUT2D eigenvalue weighted by molar-refractivity contribution is -0.346. The summed E-state index contributed by atoms with van der Waals surface area (Å²) in [4.78, 5) is 23.8. The summed E-state index contributed by atoms with van der Waals surface area (Å²) in [5, 5.41) is 51.4. The molecule has 0 aromatic heterocycles. The van der Waals surface area contributed by atoms with E-state index in [9.17, 15) is 35.1 Å². The molecule has 0 aromatic rings. The maximum atomic E-state index is 12.6. The zero-order valence-corrected chi connectivity index (χ0v) is 23.5. The van der Waals surface area contributed by atoms with Crippen molar-refractivity contribution in [2.24, 2.45) is 46.3 Å². The molecule has 0 radical (unpaired) electrons. The van der Waals surface area contributed by atoms with Crippen LogP contribution in [0.25, 0.3) is 0 Å². The van der Waals surface area contributed by atoms with Crippen molar-refractivity contribution in [1.82, 2.24) is 0 Å². The molecule has 0 bridgehead atoms. The maximum Gasteiger partial charge on any atom is 0.308 e. The summed E-state index contributed by atoms with van der Waals surface area (Å²) in [6, 6.07) is 0. The maximum absolute atomic E-state index is 12.6. The second-order valence-corrected chi connectivity index (χ2v) is 14.0. The topological polar surface area (TPSA) is 157 Å². The highest BCUT2D eigenvalue weighted by Gasteiger charge is 2.60. The van der Waals surface area contributed by atoms with Gasteiger partial charge >= 0.3 is 5.97 Å². The molecule has 4 aliphatic carbocycles. The fourth-order valence-corrected chi connectivity index (χ4v) is 10.1. The summed E-state index contributed by atoms with van der Waals surface area (Å²) in [5.74, 6) is 1.23. The average molecular weight is 552 g/mol. The summed E-state index contributed by atoms with van der Waals surface area (Å²) in [5.41, 5.74) is 0.592. The number of aliphatic hydroxyl groups is 4. The van der Waals surface area contributed by atoms with Gasteiger partial charge in [0.2, 0.25) is 6.29 Å². The first-order valence-corrected chi connectivity index (χ1v) is 15.1. The van der Waals surface area contributed by atoms with Gasteiger partial charge in [0.25, 0.3) is 0 Å². The van der Waals surface area contributed by atoms with Crippen molar-refractivity contribution in [2.45, 2.75) is 128 Å². The SMILES string of the molecule is C[C@H](CCC(=O)O[C@@H]1O[C@H](C(=O)[O-])[C@@H](O)[C@H](O)[C@H]1O)[C@H]1CC[C@H]2[C@@H]3CC[C@@H]4C[C@H](O)CC[C@]4(C)[C@H]3CC[C@]12C. The number of hydrogen-bond acceptors (Lipinski definition) is 9. The zero-order chi connectivity index (χ0) is 28.3. The number of hydrogen-bond donors (Lipinski definition) is 4. The van der Waals surface area contributed by atoms with Gasteiger partial charge in [-0.25, -0.2) is 0 Å². The van der Waals surface area contributed by atoms with Crippen molar-refractivity contribution in [3.8, 4) is 0 Å². The summed E-state index contributed by atoms with van der Waals surface area (Å²) >= 11 is 0. The van der Waals surface area contributed by atoms with Crippen LogP contribution >= 0.6 is 0 Å². The van der Waals surface area contributed by atoms with Crippen LogP contribution < -0.4 is 5.11 Å². The molecule has 9 heteroatoms. The monoisotopic (exact) mass is 551 g/mol. The van der Waals surface area contributed by atoms with Gasteiger partial charge in [-0.2, -0.15) is 0 Å². The largest absolute Gasteiger partial charge is 0.547 e. The van der Waals surface area contributed by atoms with E-state index in [0.717, 1.165) is 37.5 Å². The number of ether oxygens (including phenoxy) is 2. The van der Waals surface area contributed by atoms with Crippen molar-refractivity contribution in [3.63, 3.8) is 0 Å². The van der Waals surface area contributed by atoms with E-state index in [4.69, 9.17) is 9.47 Å². The fraction of sp³-hybridized carbons (Fsp3) is 0.933. The van der Waals surface area contributed by atoms with Crippen molar-refractivity contribution in [3.05, 3.63) is 0 Å². The Hall–Kier alpha value is -1.26. The van der Waals surface area contributed by atoms with Crippen molar-refractivity contribution >= 4 is 11.9 Å². The van der Waals surface area contributed by atoms with E-state index < -0.39 is 42.6 Å². The Balaban J connectivity index is 1.18. The number of carboxylic acids is 1. The number of aliphatic hydroxyl groups excluding tert-OH is 4. The van der Waals surface area contributed by atoms with E-state index in [-0.39, 0.29) is 17.9 Å². The minimum absolute atomic E-state index is 0.0910. The van der Waals surface area contributed by atoms with Gasteiger partial charge in [0, 0.05) is 6.42 Å². The van der Waals surface area contributed by atoms with Crippen molar-refractivity contribution in [2.75, 3.05) is 0 Å². The van der Waals surface area contributed by atoms with Crippen LogP contribution in [-0.4, -0.2) is 69.2 Å². The molecular weight excluding hydrogens is 504 g/mol. The number of carbonyl (C=O) groups is 2. The second-order valence-electron chi connectivity index (χ2n) is 14.0. The summed E-state index contributed by atoms with van der Waals surface area (Å²) in [7, 11) is 0. The molecule has 39 heavy (non-hydrogen) atoms. The van der Waals surface area contributed by atoms with E-state index in [1.807, 2.05) is 0 Å². The highest BCUT2D eigenvalue weighted by Crippen LogP contribution is 2.68. The zero-order valence-electron chi connectivity index (χ0n) is 23.5. The smallest absolute Gasteiger partial charge is 0.308 e. The molecule has 4 N–H and O–H groups in total. The molecule has 4 saturated carbocycles. The molecule has 5 fully saturated rings. The molecule has 5 aliphatic rings. The molecule has 0 aromatic carbocycles. The lowest BCUT2D eigenvalue weighted by Gasteiger charge is -2.61. The molecule has 5 rings (SSSR count). The second kappa shape index (κ2) is 10.9. The number of carboxylic acid groups (broad SMARTS) is 1. The lowest BCUT2D eigenvalue weighted by atomic mass is 9.44. The highest BCUT2D eigenvalue weighted by molar-refractivity contribution is 5.71. The molecule has 1 heterocycles. The van der Waals surface area contributed by atoms with Gasteiger partial charge in [0.15, 0.2) is 0 Å². The molecule has 0 amide bonds. The average Bonchev–Trinajstić information content (AvgIpc) is 3.25. The first kappa shape index (κ1) is 29.2. The van der Waals surface area contributed by atoms with Crippen molar-refractivity contribution in [1.29, 1.82) is 0 Å². The fourth-order valence-electron chi connectivity index (χ4n) is 10.1. The van der Waals surface area contributed by atoms with Crippen LogP contribution in [0.2, 0.25) is 0 Å². The molecule has 222 valence electrons. The van der Waals surface area contributed by atoms with Crippen LogP contribution in [0, 0.1) is 46.3 Å². The number of rotatable bonds is 6. The number of carbonyl (C=O) groups excluding carboxylic acids is 2. The number of aliphatic carboxylic acids is 1. The first-order valence-electron chi connectivity index (χ1n) is 15.1. The van der Waals surface area contributed by atoms with Crippen LogP contribution in [-0.2, 0) is 19.1 Å². The first-order chi connectivity index (χ1) is 18.4. The van der Waals surface area contributed by atoms with Crippen LogP contribution in [0.15, 0.2) is 0 Å². The van der Waals surface area contributed by atoms with Crippen LogP contribution in [0.1, 0.15) is 91.4 Å². The summed E-state index contributed by atoms with van der Waals surface area (Å²) in [6.07, 6.45) is 1.89. The summed E-state index contributed by atoms with van der Waals surface area (Å²) in [6.45, 7) is 7.18. The van der Waals surface area contributed by atoms with E-state index in [1.54, 1.807) is 0 Å². The molecule has 9 nitrogen and oxygen atoms in total. The molecule has 0 spiro atoms. The lowest BCUT2D eigenvalue weighted by Crippen LogP contribution is -2.62. The number of fused-ring (bicyclic) bond motifs is 5. The van der Waals surface area contributed by atoms with Crippen LogP contribution in [0.5, 0.6) is 0 Å². The number of esters is 1. The molecule has 1 saturated heterocycles. The van der Waals surface area contributed by atoms with Gasteiger partial charge in [-0.1, -0.05) is 20.8 Å². The third-order valence-electron chi connectivity index (χ3n) is 12.3. The van der Waals surface area contributed by atoms with Gasteiger partial charge in [0.1, 0.15) is 24.4 Å². The predicted molar refractivity (Wildman–Crippen MR) is 137 cm³/mol. The third kappa shape index (κ3) is 5.05. The van der Waals surface area contributed by atoms with Gasteiger partial charge in [-0.3, -0.25) is 4.79 Å². The van der Waals surface area contributed by atoms with E-state index in [1.165, 1.54) is 32.1 Å². The van der Waals surface area contributed by atoms with Gasteiger partial charge < -0.3 is 39.8 Å². The minimum atomic E-state index is -1.90. The summed E-state index contributed by atoms with van der Waals surface area (Å²) < 4.78 is 10.2. The van der Waals surface area contributed by atoms with Gasteiger partial charge in [-0.15, -0.1) is 0 Å². The van der Waals surface area contributed by atoms with E-state index in [0.29, 0.717) is 35.5 Å².